The summed E-state index contributed by atoms with van der Waals surface area (Å²) in [5.41, 5.74) is 3.27. The van der Waals surface area contributed by atoms with E-state index < -0.39 is 6.10 Å². The van der Waals surface area contributed by atoms with Crippen LogP contribution in [0.5, 0.6) is 0 Å². The second-order valence-electron chi connectivity index (χ2n) is 4.53. The van der Waals surface area contributed by atoms with Crippen LogP contribution in [0.3, 0.4) is 0 Å². The van der Waals surface area contributed by atoms with Crippen LogP contribution >= 0.6 is 15.9 Å². The maximum Gasteiger partial charge on any atom is 0.0804 e. The second kappa shape index (κ2) is 5.67. The van der Waals surface area contributed by atoms with E-state index in [0.717, 1.165) is 22.2 Å². The zero-order chi connectivity index (χ0) is 13.1. The Morgan fingerprint density at radius 2 is 2.17 bits per heavy atom. The largest absolute Gasteiger partial charge is 0.388 e. The van der Waals surface area contributed by atoms with Gasteiger partial charge in [-0.05, 0) is 43.0 Å². The number of halogens is 1. The highest BCUT2D eigenvalue weighted by Gasteiger charge is 2.12. The fourth-order valence-corrected chi connectivity index (χ4v) is 2.75. The molecule has 0 aliphatic carbocycles. The number of aliphatic hydroxyl groups is 1. The van der Waals surface area contributed by atoms with Gasteiger partial charge in [0.05, 0.1) is 6.10 Å². The number of hydrogen-bond acceptors (Lipinski definition) is 2. The smallest absolute Gasteiger partial charge is 0.0804 e. The molecule has 0 fully saturated rings. The molecule has 0 amide bonds. The molecule has 0 saturated heterocycles. The van der Waals surface area contributed by atoms with Crippen LogP contribution in [0.4, 0.5) is 0 Å². The van der Waals surface area contributed by atoms with Crippen molar-refractivity contribution < 1.29 is 5.11 Å². The summed E-state index contributed by atoms with van der Waals surface area (Å²) in [4.78, 5) is 0. The van der Waals surface area contributed by atoms with Gasteiger partial charge in [-0.1, -0.05) is 28.1 Å². The summed E-state index contributed by atoms with van der Waals surface area (Å²) in [6, 6.07) is 8.01. The minimum absolute atomic E-state index is 0.449. The van der Waals surface area contributed by atoms with E-state index in [9.17, 15) is 5.11 Å². The topological polar surface area (TPSA) is 38.1 Å². The fraction of sp³-hybridized carbons (Fsp3) is 0.357. The van der Waals surface area contributed by atoms with Crippen molar-refractivity contribution in [1.29, 1.82) is 0 Å². The van der Waals surface area contributed by atoms with E-state index in [4.69, 9.17) is 0 Å². The van der Waals surface area contributed by atoms with Crippen molar-refractivity contribution in [2.45, 2.75) is 25.9 Å². The molecule has 0 saturated carbocycles. The van der Waals surface area contributed by atoms with Crippen molar-refractivity contribution in [1.82, 2.24) is 9.78 Å². The minimum atomic E-state index is -0.449. The zero-order valence-corrected chi connectivity index (χ0v) is 12.2. The number of aromatic nitrogens is 2. The molecule has 0 spiro atoms. The minimum Gasteiger partial charge on any atom is -0.388 e. The average Bonchev–Trinajstić information content (AvgIpc) is 2.72. The van der Waals surface area contributed by atoms with Crippen molar-refractivity contribution in [2.24, 2.45) is 7.05 Å². The van der Waals surface area contributed by atoms with Gasteiger partial charge >= 0.3 is 0 Å². The SMILES string of the molecule is Cc1ccc(C(O)CCc2ccnn2C)c(Br)c1. The number of hydrogen-bond donors (Lipinski definition) is 1. The first-order valence-corrected chi connectivity index (χ1v) is 6.78. The van der Waals surface area contributed by atoms with Crippen LogP contribution < -0.4 is 0 Å². The van der Waals surface area contributed by atoms with Gasteiger partial charge < -0.3 is 5.11 Å². The number of rotatable bonds is 4. The summed E-state index contributed by atoms with van der Waals surface area (Å²) in [5, 5.41) is 14.3. The van der Waals surface area contributed by atoms with Crippen molar-refractivity contribution in [3.63, 3.8) is 0 Å². The van der Waals surface area contributed by atoms with Gasteiger partial charge in [-0.25, -0.2) is 0 Å². The quantitative estimate of drug-likeness (QED) is 0.942. The lowest BCUT2D eigenvalue weighted by Gasteiger charge is -2.13. The molecule has 0 aliphatic heterocycles. The van der Waals surface area contributed by atoms with Crippen LogP contribution in [0.15, 0.2) is 34.9 Å². The molecule has 96 valence electrons. The second-order valence-corrected chi connectivity index (χ2v) is 5.38. The third kappa shape index (κ3) is 3.00. The Morgan fingerprint density at radius 3 is 2.78 bits per heavy atom. The summed E-state index contributed by atoms with van der Waals surface area (Å²) in [5.74, 6) is 0. The molecule has 1 atom stereocenters. The summed E-state index contributed by atoms with van der Waals surface area (Å²) < 4.78 is 2.82. The number of aliphatic hydroxyl groups excluding tert-OH is 1. The molecule has 0 radical (unpaired) electrons. The van der Waals surface area contributed by atoms with E-state index in [1.807, 2.05) is 42.9 Å². The number of aryl methyl sites for hydroxylation is 3. The highest BCUT2D eigenvalue weighted by molar-refractivity contribution is 9.10. The normalized spacial score (nSPS) is 12.7. The molecule has 3 nitrogen and oxygen atoms in total. The molecule has 2 aromatic rings. The lowest BCUT2D eigenvalue weighted by molar-refractivity contribution is 0.166. The summed E-state index contributed by atoms with van der Waals surface area (Å²) >= 11 is 3.50. The predicted octanol–water partition coefficient (Wildman–Crippen LogP) is 3.16. The third-order valence-corrected chi connectivity index (χ3v) is 3.80. The Hall–Kier alpha value is -1.13. The monoisotopic (exact) mass is 308 g/mol. The van der Waals surface area contributed by atoms with E-state index in [-0.39, 0.29) is 0 Å². The standard InChI is InChI=1S/C14H17BrN2O/c1-10-3-5-12(13(15)9-10)14(18)6-4-11-7-8-16-17(11)2/h3,5,7-9,14,18H,4,6H2,1-2H3. The molecule has 2 rings (SSSR count). The van der Waals surface area contributed by atoms with E-state index >= 15 is 0 Å². The van der Waals surface area contributed by atoms with Gasteiger partial charge in [0.15, 0.2) is 0 Å². The van der Waals surface area contributed by atoms with Crippen molar-refractivity contribution in [3.8, 4) is 0 Å². The van der Waals surface area contributed by atoms with Crippen LogP contribution in [0.1, 0.15) is 29.3 Å². The van der Waals surface area contributed by atoms with Crippen molar-refractivity contribution >= 4 is 15.9 Å². The maximum absolute atomic E-state index is 10.2. The van der Waals surface area contributed by atoms with Gasteiger partial charge in [-0.2, -0.15) is 5.10 Å². The van der Waals surface area contributed by atoms with Crippen LogP contribution in [0, 0.1) is 6.92 Å². The van der Waals surface area contributed by atoms with Gasteiger partial charge in [-0.3, -0.25) is 4.68 Å². The molecule has 1 aromatic carbocycles. The van der Waals surface area contributed by atoms with Crippen LogP contribution in [0.2, 0.25) is 0 Å². The lowest BCUT2D eigenvalue weighted by Crippen LogP contribution is -2.04. The van der Waals surface area contributed by atoms with Gasteiger partial charge in [-0.15, -0.1) is 0 Å². The first-order chi connectivity index (χ1) is 8.58. The summed E-state index contributed by atoms with van der Waals surface area (Å²) in [6.07, 6.45) is 2.85. The predicted molar refractivity (Wildman–Crippen MR) is 75.4 cm³/mol. The fourth-order valence-electron chi connectivity index (χ4n) is 1.99. The van der Waals surface area contributed by atoms with Crippen LogP contribution in [-0.2, 0) is 13.5 Å². The zero-order valence-electron chi connectivity index (χ0n) is 10.6. The van der Waals surface area contributed by atoms with E-state index in [0.29, 0.717) is 6.42 Å². The van der Waals surface area contributed by atoms with Gasteiger partial charge in [0.25, 0.3) is 0 Å². The summed E-state index contributed by atoms with van der Waals surface area (Å²) in [7, 11) is 1.92. The lowest BCUT2D eigenvalue weighted by atomic mass is 10.0. The molecule has 18 heavy (non-hydrogen) atoms. The first kappa shape index (κ1) is 13.3. The Labute approximate surface area is 116 Å². The average molecular weight is 309 g/mol. The molecule has 1 unspecified atom stereocenters. The first-order valence-electron chi connectivity index (χ1n) is 5.99. The van der Waals surface area contributed by atoms with Crippen LogP contribution in [-0.4, -0.2) is 14.9 Å². The van der Waals surface area contributed by atoms with Gasteiger partial charge in [0.2, 0.25) is 0 Å². The molecule has 1 N–H and O–H groups in total. The Bertz CT molecular complexity index is 536. The molecule has 0 bridgehead atoms. The van der Waals surface area contributed by atoms with Gasteiger partial charge in [0, 0.05) is 23.4 Å². The van der Waals surface area contributed by atoms with E-state index in [1.165, 1.54) is 5.56 Å². The molecular formula is C14H17BrN2O. The van der Waals surface area contributed by atoms with Gasteiger partial charge in [0.1, 0.15) is 0 Å². The summed E-state index contributed by atoms with van der Waals surface area (Å²) in [6.45, 7) is 2.04. The Kier molecular flexibility index (Phi) is 4.19. The highest BCUT2D eigenvalue weighted by Crippen LogP contribution is 2.27. The van der Waals surface area contributed by atoms with Crippen molar-refractivity contribution in [2.75, 3.05) is 0 Å². The van der Waals surface area contributed by atoms with E-state index in [1.54, 1.807) is 6.20 Å². The molecule has 0 aliphatic rings. The van der Waals surface area contributed by atoms with Crippen LogP contribution in [0.25, 0.3) is 0 Å². The van der Waals surface area contributed by atoms with Crippen molar-refractivity contribution in [3.05, 3.63) is 51.8 Å². The number of benzene rings is 1. The number of nitrogens with zero attached hydrogens (tertiary/aromatic N) is 2. The third-order valence-electron chi connectivity index (χ3n) is 3.11. The van der Waals surface area contributed by atoms with E-state index in [2.05, 4.69) is 21.0 Å². The molecule has 4 heteroatoms. The molecule has 1 aromatic heterocycles. The Balaban J connectivity index is 2.03. The molecule has 1 heterocycles. The Morgan fingerprint density at radius 1 is 1.39 bits per heavy atom. The highest BCUT2D eigenvalue weighted by atomic mass is 79.9. The molecular weight excluding hydrogens is 292 g/mol. The maximum atomic E-state index is 10.2.